The maximum atomic E-state index is 11.8. The monoisotopic (exact) mass is 336 g/mol. The molecule has 0 radical (unpaired) electrons. The van der Waals surface area contributed by atoms with Gasteiger partial charge in [0.1, 0.15) is 5.75 Å². The molecule has 0 saturated carbocycles. The van der Waals surface area contributed by atoms with Crippen LogP contribution >= 0.6 is 0 Å². The van der Waals surface area contributed by atoms with Crippen LogP contribution in [0, 0.1) is 0 Å². The fourth-order valence-electron chi connectivity index (χ4n) is 2.96. The summed E-state index contributed by atoms with van der Waals surface area (Å²) in [6.45, 7) is 4.27. The van der Waals surface area contributed by atoms with E-state index in [1.165, 1.54) is 23.1 Å². The summed E-state index contributed by atoms with van der Waals surface area (Å²) in [6.07, 6.45) is 5.07. The molecule has 0 spiro atoms. The van der Waals surface area contributed by atoms with Crippen molar-refractivity contribution in [2.24, 2.45) is 5.10 Å². The number of carbonyl (C=O) groups excluding carboxylic acids is 1. The van der Waals surface area contributed by atoms with E-state index >= 15 is 0 Å². The lowest BCUT2D eigenvalue weighted by Crippen LogP contribution is -2.24. The van der Waals surface area contributed by atoms with Gasteiger partial charge in [-0.25, -0.2) is 5.43 Å². The van der Waals surface area contributed by atoms with Crippen molar-refractivity contribution in [3.63, 3.8) is 0 Å². The van der Waals surface area contributed by atoms with Crippen molar-refractivity contribution in [3.05, 3.63) is 64.7 Å². The molecule has 0 unspecified atom stereocenters. The van der Waals surface area contributed by atoms with Crippen LogP contribution < -0.4 is 10.2 Å². The molecule has 4 heteroatoms. The number of nitrogens with one attached hydrogen (secondary N) is 1. The Bertz CT molecular complexity index is 764. The number of fused-ring (bicyclic) bond motifs is 1. The molecule has 0 atom stereocenters. The lowest BCUT2D eigenvalue weighted by Gasteiger charge is -2.07. The van der Waals surface area contributed by atoms with Gasteiger partial charge in [-0.05, 0) is 59.6 Å². The molecule has 0 fully saturated rings. The summed E-state index contributed by atoms with van der Waals surface area (Å²) in [5, 5.41) is 3.98. The van der Waals surface area contributed by atoms with Crippen LogP contribution in [0.25, 0.3) is 0 Å². The number of amides is 1. The van der Waals surface area contributed by atoms with Crippen molar-refractivity contribution in [2.75, 3.05) is 6.61 Å². The Morgan fingerprint density at radius 2 is 1.92 bits per heavy atom. The van der Waals surface area contributed by atoms with Gasteiger partial charge in [-0.2, -0.15) is 5.10 Å². The first-order valence-corrected chi connectivity index (χ1v) is 8.78. The first-order chi connectivity index (χ1) is 12.1. The van der Waals surface area contributed by atoms with Gasteiger partial charge in [0.15, 0.2) is 6.61 Å². The van der Waals surface area contributed by atoms with E-state index in [9.17, 15) is 4.79 Å². The highest BCUT2D eigenvalue weighted by molar-refractivity contribution is 5.82. The van der Waals surface area contributed by atoms with Crippen molar-refractivity contribution in [1.29, 1.82) is 0 Å². The summed E-state index contributed by atoms with van der Waals surface area (Å²) in [5.74, 6) is 0.974. The van der Waals surface area contributed by atoms with Gasteiger partial charge in [-0.15, -0.1) is 0 Å². The Kier molecular flexibility index (Phi) is 5.49. The van der Waals surface area contributed by atoms with Crippen LogP contribution in [-0.4, -0.2) is 18.7 Å². The Hall–Kier alpha value is -2.62. The number of hydrogen-bond donors (Lipinski definition) is 1. The van der Waals surface area contributed by atoms with Crippen LogP contribution in [0.4, 0.5) is 0 Å². The number of hydrazone groups is 1. The summed E-state index contributed by atoms with van der Waals surface area (Å²) in [7, 11) is 0. The van der Waals surface area contributed by atoms with Crippen LogP contribution in [-0.2, 0) is 17.6 Å². The third-order valence-corrected chi connectivity index (χ3v) is 4.45. The number of hydrogen-bond acceptors (Lipinski definition) is 3. The van der Waals surface area contributed by atoms with Crippen molar-refractivity contribution >= 4 is 12.1 Å². The molecule has 0 heterocycles. The van der Waals surface area contributed by atoms with Gasteiger partial charge in [0.25, 0.3) is 5.91 Å². The molecular weight excluding hydrogens is 312 g/mol. The van der Waals surface area contributed by atoms with E-state index in [-0.39, 0.29) is 12.5 Å². The normalized spacial score (nSPS) is 13.2. The SMILES string of the molecule is CC(C)c1ccc(/C=N/NC(=O)COc2ccc3c(c2)CCC3)cc1. The molecule has 2 aromatic rings. The minimum Gasteiger partial charge on any atom is -0.484 e. The average molecular weight is 336 g/mol. The molecule has 4 nitrogen and oxygen atoms in total. The highest BCUT2D eigenvalue weighted by Crippen LogP contribution is 2.25. The number of benzene rings is 2. The third kappa shape index (κ3) is 4.69. The zero-order chi connectivity index (χ0) is 17.6. The highest BCUT2D eigenvalue weighted by atomic mass is 16.5. The molecule has 2 aromatic carbocycles. The minimum atomic E-state index is -0.268. The summed E-state index contributed by atoms with van der Waals surface area (Å²) < 4.78 is 5.55. The fraction of sp³-hybridized carbons (Fsp3) is 0.333. The zero-order valence-corrected chi connectivity index (χ0v) is 14.8. The van der Waals surface area contributed by atoms with E-state index in [0.717, 1.165) is 24.2 Å². The molecule has 1 amide bonds. The van der Waals surface area contributed by atoms with Gasteiger partial charge in [0.05, 0.1) is 6.21 Å². The predicted molar refractivity (Wildman–Crippen MR) is 100 cm³/mol. The van der Waals surface area contributed by atoms with Crippen LogP contribution in [0.5, 0.6) is 5.75 Å². The van der Waals surface area contributed by atoms with Gasteiger partial charge in [0.2, 0.25) is 0 Å². The second-order valence-electron chi connectivity index (χ2n) is 6.69. The Labute approximate surface area is 148 Å². The number of ether oxygens (including phenoxy) is 1. The number of aryl methyl sites for hydroxylation is 2. The maximum absolute atomic E-state index is 11.8. The maximum Gasteiger partial charge on any atom is 0.277 e. The summed E-state index contributed by atoms with van der Waals surface area (Å²) >= 11 is 0. The van der Waals surface area contributed by atoms with E-state index in [1.807, 2.05) is 24.3 Å². The van der Waals surface area contributed by atoms with Gasteiger partial charge >= 0.3 is 0 Å². The van der Waals surface area contributed by atoms with Crippen LogP contribution in [0.15, 0.2) is 47.6 Å². The van der Waals surface area contributed by atoms with E-state index in [1.54, 1.807) is 6.21 Å². The molecule has 3 rings (SSSR count). The van der Waals surface area contributed by atoms with Crippen molar-refractivity contribution in [2.45, 2.75) is 39.0 Å². The van der Waals surface area contributed by atoms with Crippen LogP contribution in [0.1, 0.15) is 48.4 Å². The fourth-order valence-corrected chi connectivity index (χ4v) is 2.96. The van der Waals surface area contributed by atoms with E-state index in [0.29, 0.717) is 5.92 Å². The topological polar surface area (TPSA) is 50.7 Å². The molecule has 1 aliphatic carbocycles. The quantitative estimate of drug-likeness (QED) is 0.644. The van der Waals surface area contributed by atoms with E-state index in [4.69, 9.17) is 4.74 Å². The smallest absolute Gasteiger partial charge is 0.277 e. The molecule has 1 aliphatic rings. The second-order valence-corrected chi connectivity index (χ2v) is 6.69. The van der Waals surface area contributed by atoms with Crippen molar-refractivity contribution in [3.8, 4) is 5.75 Å². The Morgan fingerprint density at radius 1 is 1.16 bits per heavy atom. The standard InChI is InChI=1S/C21H24N2O2/c1-15(2)17-8-6-16(7-9-17)13-22-23-21(24)14-25-20-11-10-18-4-3-5-19(18)12-20/h6-13,15H,3-5,14H2,1-2H3,(H,23,24)/b22-13+. The minimum absolute atomic E-state index is 0.0393. The molecule has 0 aliphatic heterocycles. The molecule has 25 heavy (non-hydrogen) atoms. The molecule has 130 valence electrons. The Balaban J connectivity index is 1.46. The zero-order valence-electron chi connectivity index (χ0n) is 14.8. The number of nitrogens with zero attached hydrogens (tertiary/aromatic N) is 1. The van der Waals surface area contributed by atoms with Gasteiger partial charge < -0.3 is 4.74 Å². The number of rotatable bonds is 6. The summed E-state index contributed by atoms with van der Waals surface area (Å²) in [4.78, 5) is 11.8. The van der Waals surface area contributed by atoms with Crippen LogP contribution in [0.2, 0.25) is 0 Å². The van der Waals surface area contributed by atoms with Crippen molar-refractivity contribution in [1.82, 2.24) is 5.43 Å². The Morgan fingerprint density at radius 3 is 2.68 bits per heavy atom. The predicted octanol–water partition coefficient (Wildman–Crippen LogP) is 3.83. The van der Waals surface area contributed by atoms with E-state index < -0.39 is 0 Å². The summed E-state index contributed by atoms with van der Waals surface area (Å²) in [6, 6.07) is 14.2. The second kappa shape index (κ2) is 7.97. The van der Waals surface area contributed by atoms with Crippen LogP contribution in [0.3, 0.4) is 0 Å². The highest BCUT2D eigenvalue weighted by Gasteiger charge is 2.11. The molecule has 1 N–H and O–H groups in total. The molecule has 0 saturated heterocycles. The molecule has 0 bridgehead atoms. The molecule has 0 aromatic heterocycles. The largest absolute Gasteiger partial charge is 0.484 e. The lowest BCUT2D eigenvalue weighted by atomic mass is 10.0. The number of carbonyl (C=O) groups is 1. The first kappa shape index (κ1) is 17.2. The first-order valence-electron chi connectivity index (χ1n) is 8.78. The van der Waals surface area contributed by atoms with Gasteiger partial charge in [0, 0.05) is 0 Å². The summed E-state index contributed by atoms with van der Waals surface area (Å²) in [5.41, 5.74) is 7.45. The van der Waals surface area contributed by atoms with Crippen molar-refractivity contribution < 1.29 is 9.53 Å². The van der Waals surface area contributed by atoms with Gasteiger partial charge in [-0.1, -0.05) is 44.2 Å². The molecular formula is C21H24N2O2. The lowest BCUT2D eigenvalue weighted by molar-refractivity contribution is -0.123. The third-order valence-electron chi connectivity index (χ3n) is 4.45. The van der Waals surface area contributed by atoms with Gasteiger partial charge in [-0.3, -0.25) is 4.79 Å². The average Bonchev–Trinajstić information content (AvgIpc) is 3.08. The van der Waals surface area contributed by atoms with E-state index in [2.05, 4.69) is 42.6 Å².